The van der Waals surface area contributed by atoms with Crippen LogP contribution in [0.5, 0.6) is 0 Å². The van der Waals surface area contributed by atoms with E-state index in [0.717, 1.165) is 12.1 Å². The molecule has 0 amide bonds. The van der Waals surface area contributed by atoms with Gasteiger partial charge in [-0.2, -0.15) is 13.2 Å². The van der Waals surface area contributed by atoms with Crippen LogP contribution in [0.1, 0.15) is 19.0 Å². The average molecular weight is 290 g/mol. The maximum absolute atomic E-state index is 13.8. The second-order valence-electron chi connectivity index (χ2n) is 4.26. The van der Waals surface area contributed by atoms with E-state index in [0.29, 0.717) is 19.0 Å². The largest absolute Gasteiger partial charge is 0.433 e. The van der Waals surface area contributed by atoms with Gasteiger partial charge in [0.25, 0.3) is 0 Å². The third kappa shape index (κ3) is 2.81. The van der Waals surface area contributed by atoms with Gasteiger partial charge < -0.3 is 5.32 Å². The van der Waals surface area contributed by atoms with Crippen LogP contribution >= 0.6 is 0 Å². The van der Waals surface area contributed by atoms with Crippen molar-refractivity contribution in [1.82, 2.24) is 4.98 Å². The Kier molecular flexibility index (Phi) is 3.78. The number of nitrogens with zero attached hydrogens (tertiary/aromatic N) is 1. The van der Waals surface area contributed by atoms with Crippen LogP contribution in [0, 0.1) is 11.6 Å². The number of pyridine rings is 1. The van der Waals surface area contributed by atoms with Crippen molar-refractivity contribution in [2.24, 2.45) is 0 Å². The number of nitrogens with one attached hydrogen (secondary N) is 1. The zero-order valence-corrected chi connectivity index (χ0v) is 10.5. The van der Waals surface area contributed by atoms with Crippen molar-refractivity contribution < 1.29 is 22.0 Å². The van der Waals surface area contributed by atoms with Crippen molar-refractivity contribution in [3.8, 4) is 0 Å². The lowest BCUT2D eigenvalue weighted by Gasteiger charge is -2.13. The number of aromatic nitrogens is 1. The molecule has 1 aromatic heterocycles. The fourth-order valence-corrected chi connectivity index (χ4v) is 1.83. The Bertz CT molecular complexity index is 637. The normalized spacial score (nSPS) is 11.9. The maximum atomic E-state index is 13.8. The lowest BCUT2D eigenvalue weighted by atomic mass is 10.1. The lowest BCUT2D eigenvalue weighted by Crippen LogP contribution is -2.11. The summed E-state index contributed by atoms with van der Waals surface area (Å²) in [4.78, 5) is 3.29. The van der Waals surface area contributed by atoms with E-state index in [4.69, 9.17) is 0 Å². The number of hydrogen-bond acceptors (Lipinski definition) is 2. The Morgan fingerprint density at radius 2 is 1.85 bits per heavy atom. The standard InChI is InChI=1S/C13H11F5N2/c1-2-3-19-9-6-11(13(16,17)18)20-10-5-7(14)4-8(15)12(9)10/h4-6H,2-3H2,1H3,(H,19,20). The number of halogens is 5. The second-order valence-corrected chi connectivity index (χ2v) is 4.26. The molecule has 20 heavy (non-hydrogen) atoms. The van der Waals surface area contributed by atoms with Crippen molar-refractivity contribution in [2.45, 2.75) is 19.5 Å². The first-order chi connectivity index (χ1) is 9.32. The quantitative estimate of drug-likeness (QED) is 0.850. The molecule has 2 rings (SSSR count). The van der Waals surface area contributed by atoms with Gasteiger partial charge in [-0.1, -0.05) is 6.92 Å². The molecule has 1 heterocycles. The van der Waals surface area contributed by atoms with Gasteiger partial charge in [0, 0.05) is 24.4 Å². The number of benzene rings is 1. The molecule has 0 saturated carbocycles. The van der Waals surface area contributed by atoms with E-state index in [1.54, 1.807) is 0 Å². The van der Waals surface area contributed by atoms with E-state index in [9.17, 15) is 22.0 Å². The van der Waals surface area contributed by atoms with Crippen LogP contribution in [0.3, 0.4) is 0 Å². The molecule has 1 aromatic carbocycles. The van der Waals surface area contributed by atoms with E-state index in [2.05, 4.69) is 10.3 Å². The lowest BCUT2D eigenvalue weighted by molar-refractivity contribution is -0.140. The van der Waals surface area contributed by atoms with Crippen molar-refractivity contribution >= 4 is 16.6 Å². The fraction of sp³-hybridized carbons (Fsp3) is 0.308. The highest BCUT2D eigenvalue weighted by molar-refractivity contribution is 5.92. The Morgan fingerprint density at radius 1 is 1.15 bits per heavy atom. The highest BCUT2D eigenvalue weighted by Crippen LogP contribution is 2.34. The van der Waals surface area contributed by atoms with Crippen molar-refractivity contribution in [3.63, 3.8) is 0 Å². The van der Waals surface area contributed by atoms with Crippen LogP contribution in [0.2, 0.25) is 0 Å². The summed E-state index contributed by atoms with van der Waals surface area (Å²) in [5, 5.41) is 2.56. The van der Waals surface area contributed by atoms with Gasteiger partial charge in [0.1, 0.15) is 17.3 Å². The molecular weight excluding hydrogens is 279 g/mol. The van der Waals surface area contributed by atoms with Gasteiger partial charge in [-0.3, -0.25) is 0 Å². The first kappa shape index (κ1) is 14.5. The maximum Gasteiger partial charge on any atom is 0.433 e. The first-order valence-corrected chi connectivity index (χ1v) is 5.93. The fourth-order valence-electron chi connectivity index (χ4n) is 1.83. The zero-order valence-electron chi connectivity index (χ0n) is 10.5. The SMILES string of the molecule is CCCNc1cc(C(F)(F)F)nc2cc(F)cc(F)c12. The predicted octanol–water partition coefficient (Wildman–Crippen LogP) is 4.35. The smallest absolute Gasteiger partial charge is 0.384 e. The van der Waals surface area contributed by atoms with Crippen molar-refractivity contribution in [1.29, 1.82) is 0 Å². The molecule has 0 unspecified atom stereocenters. The molecule has 0 fully saturated rings. The highest BCUT2D eigenvalue weighted by atomic mass is 19.4. The summed E-state index contributed by atoms with van der Waals surface area (Å²) in [6.07, 6.45) is -4.03. The van der Waals surface area contributed by atoms with Gasteiger partial charge in [-0.25, -0.2) is 13.8 Å². The Balaban J connectivity index is 2.71. The van der Waals surface area contributed by atoms with E-state index in [1.165, 1.54) is 0 Å². The molecule has 1 N–H and O–H groups in total. The van der Waals surface area contributed by atoms with E-state index in [1.807, 2.05) is 6.92 Å². The third-order valence-corrected chi connectivity index (χ3v) is 2.68. The summed E-state index contributed by atoms with van der Waals surface area (Å²) >= 11 is 0. The minimum Gasteiger partial charge on any atom is -0.384 e. The predicted molar refractivity (Wildman–Crippen MR) is 65.4 cm³/mol. The molecule has 0 bridgehead atoms. The van der Waals surface area contributed by atoms with Crippen LogP contribution < -0.4 is 5.32 Å². The molecule has 0 aliphatic heterocycles. The third-order valence-electron chi connectivity index (χ3n) is 2.68. The summed E-state index contributed by atoms with van der Waals surface area (Å²) in [5.41, 5.74) is -1.59. The van der Waals surface area contributed by atoms with E-state index in [-0.39, 0.29) is 16.6 Å². The Labute approximate surface area is 111 Å². The van der Waals surface area contributed by atoms with Gasteiger partial charge >= 0.3 is 6.18 Å². The van der Waals surface area contributed by atoms with Gasteiger partial charge in [0.2, 0.25) is 0 Å². The number of rotatable bonds is 3. The monoisotopic (exact) mass is 290 g/mol. The van der Waals surface area contributed by atoms with E-state index < -0.39 is 23.5 Å². The number of hydrogen-bond donors (Lipinski definition) is 1. The van der Waals surface area contributed by atoms with Gasteiger partial charge in [-0.05, 0) is 12.5 Å². The molecule has 0 aliphatic carbocycles. The molecular formula is C13H11F5N2. The van der Waals surface area contributed by atoms with Crippen LogP contribution in [0.25, 0.3) is 10.9 Å². The number of alkyl halides is 3. The molecule has 7 heteroatoms. The molecule has 0 aliphatic rings. The van der Waals surface area contributed by atoms with Gasteiger partial charge in [-0.15, -0.1) is 0 Å². The molecule has 0 saturated heterocycles. The second kappa shape index (κ2) is 5.22. The summed E-state index contributed by atoms with van der Waals surface area (Å²) < 4.78 is 65.1. The molecule has 108 valence electrons. The summed E-state index contributed by atoms with van der Waals surface area (Å²) in [5.74, 6) is -1.91. The summed E-state index contributed by atoms with van der Waals surface area (Å²) in [6.45, 7) is 2.18. The topological polar surface area (TPSA) is 24.9 Å². The van der Waals surface area contributed by atoms with Crippen LogP contribution in [0.4, 0.5) is 27.6 Å². The summed E-state index contributed by atoms with van der Waals surface area (Å²) in [6, 6.07) is 2.14. The van der Waals surface area contributed by atoms with E-state index >= 15 is 0 Å². The molecule has 2 nitrogen and oxygen atoms in total. The van der Waals surface area contributed by atoms with Crippen LogP contribution in [-0.2, 0) is 6.18 Å². The van der Waals surface area contributed by atoms with Crippen molar-refractivity contribution in [2.75, 3.05) is 11.9 Å². The molecule has 2 aromatic rings. The van der Waals surface area contributed by atoms with Crippen LogP contribution in [-0.4, -0.2) is 11.5 Å². The average Bonchev–Trinajstić information content (AvgIpc) is 2.33. The molecule has 0 atom stereocenters. The Morgan fingerprint density at radius 3 is 2.45 bits per heavy atom. The number of fused-ring (bicyclic) bond motifs is 1. The zero-order chi connectivity index (χ0) is 14.9. The summed E-state index contributed by atoms with van der Waals surface area (Å²) in [7, 11) is 0. The minimum atomic E-state index is -4.68. The first-order valence-electron chi connectivity index (χ1n) is 5.93. The van der Waals surface area contributed by atoms with Gasteiger partial charge in [0.15, 0.2) is 0 Å². The molecule has 0 radical (unpaired) electrons. The highest BCUT2D eigenvalue weighted by Gasteiger charge is 2.33. The van der Waals surface area contributed by atoms with Gasteiger partial charge in [0.05, 0.1) is 10.9 Å². The Hall–Kier alpha value is -1.92. The van der Waals surface area contributed by atoms with Crippen molar-refractivity contribution in [3.05, 3.63) is 35.5 Å². The van der Waals surface area contributed by atoms with Crippen LogP contribution in [0.15, 0.2) is 18.2 Å². The molecule has 0 spiro atoms. The number of anilines is 1. The minimum absolute atomic E-state index is 0.0401.